The molecule has 0 radical (unpaired) electrons. The number of nitrogens with zero attached hydrogens (tertiary/aromatic N) is 2. The number of aromatic nitrogens is 2. The van der Waals surface area contributed by atoms with Crippen LogP contribution in [-0.2, 0) is 11.3 Å². The van der Waals surface area contributed by atoms with Crippen LogP contribution in [-0.4, -0.2) is 27.5 Å². The minimum absolute atomic E-state index is 0.142. The normalized spacial score (nSPS) is 16.8. The number of rotatable bonds is 8. The first-order chi connectivity index (χ1) is 15.0. The molecule has 5 rings (SSSR count). The molecule has 7 heteroatoms. The fourth-order valence-electron chi connectivity index (χ4n) is 4.03. The molecule has 2 heterocycles. The Labute approximate surface area is 181 Å². The smallest absolute Gasteiger partial charge is 0.252 e. The lowest BCUT2D eigenvalue weighted by atomic mass is 10.1. The molecule has 2 aliphatic rings. The highest BCUT2D eigenvalue weighted by Crippen LogP contribution is 2.36. The Balaban J connectivity index is 1.45. The molecule has 2 aromatic heterocycles. The van der Waals surface area contributed by atoms with Crippen LogP contribution in [0.4, 0.5) is 5.69 Å². The van der Waals surface area contributed by atoms with E-state index in [9.17, 15) is 9.59 Å². The van der Waals surface area contributed by atoms with E-state index >= 15 is 0 Å². The highest BCUT2D eigenvalue weighted by Gasteiger charge is 2.30. The number of fused-ring (bicyclic) bond motifs is 1. The summed E-state index contributed by atoms with van der Waals surface area (Å²) >= 11 is 0. The molecule has 2 amide bonds. The van der Waals surface area contributed by atoms with Crippen LogP contribution in [0.15, 0.2) is 42.7 Å². The van der Waals surface area contributed by atoms with Crippen LogP contribution in [0.3, 0.4) is 0 Å². The first-order valence-corrected chi connectivity index (χ1v) is 10.9. The molecule has 4 N–H and O–H groups in total. The molecule has 0 aliphatic heterocycles. The number of hydrogen-bond donors (Lipinski definition) is 3. The third kappa shape index (κ3) is 4.13. The van der Waals surface area contributed by atoms with Gasteiger partial charge in [-0.05, 0) is 61.8 Å². The zero-order valence-electron chi connectivity index (χ0n) is 17.6. The zero-order valence-corrected chi connectivity index (χ0v) is 17.6. The van der Waals surface area contributed by atoms with Crippen molar-refractivity contribution in [3.05, 3.63) is 53.9 Å². The molecule has 2 saturated carbocycles. The predicted octanol–water partition coefficient (Wildman–Crippen LogP) is 3.34. The number of hydrogen-bond acceptors (Lipinski definition) is 4. The number of carbonyl (C=O) groups is 2. The van der Waals surface area contributed by atoms with Crippen LogP contribution in [0.1, 0.15) is 48.5 Å². The summed E-state index contributed by atoms with van der Waals surface area (Å²) in [4.78, 5) is 24.0. The second kappa shape index (κ2) is 7.72. The van der Waals surface area contributed by atoms with E-state index in [1.54, 1.807) is 4.52 Å². The molecule has 1 atom stereocenters. The zero-order chi connectivity index (χ0) is 21.5. The largest absolute Gasteiger partial charge is 0.380 e. The van der Waals surface area contributed by atoms with E-state index in [1.165, 1.54) is 19.0 Å². The number of primary amides is 1. The van der Waals surface area contributed by atoms with Gasteiger partial charge in [-0.2, -0.15) is 5.10 Å². The third-order valence-electron chi connectivity index (χ3n) is 6.28. The number of anilines is 1. The molecular formula is C24H27N5O2. The van der Waals surface area contributed by atoms with Crippen LogP contribution >= 0.6 is 0 Å². The van der Waals surface area contributed by atoms with Crippen molar-refractivity contribution in [3.8, 4) is 11.1 Å². The quantitative estimate of drug-likeness (QED) is 0.523. The lowest BCUT2D eigenvalue weighted by Crippen LogP contribution is -2.24. The SMILES string of the molecule is CC(Nc1c(C(N)=O)cnn2cc(-c3cccc(CNC(=O)C4CC4)c3)cc12)C1CC1. The predicted molar refractivity (Wildman–Crippen MR) is 120 cm³/mol. The lowest BCUT2D eigenvalue weighted by molar-refractivity contribution is -0.122. The maximum atomic E-state index is 12.0. The Hall–Kier alpha value is -3.35. The van der Waals surface area contributed by atoms with Gasteiger partial charge >= 0.3 is 0 Å². The van der Waals surface area contributed by atoms with E-state index in [0.717, 1.165) is 40.7 Å². The van der Waals surface area contributed by atoms with E-state index in [2.05, 4.69) is 28.7 Å². The van der Waals surface area contributed by atoms with E-state index in [0.29, 0.717) is 18.0 Å². The van der Waals surface area contributed by atoms with Gasteiger partial charge in [-0.3, -0.25) is 9.59 Å². The number of nitrogens with one attached hydrogen (secondary N) is 2. The second-order valence-electron chi connectivity index (χ2n) is 8.82. The van der Waals surface area contributed by atoms with Gasteiger partial charge in [0.1, 0.15) is 0 Å². The van der Waals surface area contributed by atoms with Crippen LogP contribution in [0.2, 0.25) is 0 Å². The second-order valence-corrected chi connectivity index (χ2v) is 8.82. The molecule has 2 aliphatic carbocycles. The number of benzene rings is 1. The monoisotopic (exact) mass is 417 g/mol. The molecule has 0 spiro atoms. The first kappa shape index (κ1) is 19.6. The summed E-state index contributed by atoms with van der Waals surface area (Å²) in [7, 11) is 0. The summed E-state index contributed by atoms with van der Waals surface area (Å²) in [6.45, 7) is 2.66. The van der Waals surface area contributed by atoms with Crippen LogP contribution in [0, 0.1) is 11.8 Å². The van der Waals surface area contributed by atoms with E-state index < -0.39 is 5.91 Å². The van der Waals surface area contributed by atoms with Gasteiger partial charge in [0.05, 0.1) is 23.0 Å². The average Bonchev–Trinajstić information content (AvgIpc) is 3.68. The number of carbonyl (C=O) groups excluding carboxylic acids is 2. The number of amides is 2. The van der Waals surface area contributed by atoms with Crippen molar-refractivity contribution in [2.24, 2.45) is 17.6 Å². The van der Waals surface area contributed by atoms with Crippen LogP contribution in [0.5, 0.6) is 0 Å². The van der Waals surface area contributed by atoms with Gasteiger partial charge in [-0.25, -0.2) is 4.52 Å². The van der Waals surface area contributed by atoms with Crippen molar-refractivity contribution in [2.75, 3.05) is 5.32 Å². The van der Waals surface area contributed by atoms with E-state index in [1.807, 2.05) is 30.5 Å². The first-order valence-electron chi connectivity index (χ1n) is 10.9. The van der Waals surface area contributed by atoms with Gasteiger partial charge in [0.15, 0.2) is 0 Å². The molecule has 31 heavy (non-hydrogen) atoms. The van der Waals surface area contributed by atoms with Gasteiger partial charge in [-0.15, -0.1) is 0 Å². The van der Waals surface area contributed by atoms with Crippen molar-refractivity contribution in [1.82, 2.24) is 14.9 Å². The van der Waals surface area contributed by atoms with Gasteiger partial charge < -0.3 is 16.4 Å². The van der Waals surface area contributed by atoms with Crippen molar-refractivity contribution in [3.63, 3.8) is 0 Å². The van der Waals surface area contributed by atoms with E-state index in [-0.39, 0.29) is 17.9 Å². The molecule has 2 fully saturated rings. The molecule has 0 saturated heterocycles. The highest BCUT2D eigenvalue weighted by atomic mass is 16.2. The fourth-order valence-corrected chi connectivity index (χ4v) is 4.03. The Bertz CT molecular complexity index is 1160. The average molecular weight is 418 g/mol. The highest BCUT2D eigenvalue weighted by molar-refractivity contribution is 6.02. The third-order valence-corrected chi connectivity index (χ3v) is 6.28. The van der Waals surface area contributed by atoms with Crippen molar-refractivity contribution < 1.29 is 9.59 Å². The van der Waals surface area contributed by atoms with Crippen LogP contribution < -0.4 is 16.4 Å². The standard InChI is InChI=1S/C24H27N5O2/c1-14(16-5-6-16)28-22-20(23(25)30)12-27-29-13-19(10-21(22)29)18-4-2-3-15(9-18)11-26-24(31)17-7-8-17/h2-4,9-10,12-14,16-17,28H,5-8,11H2,1H3,(H2,25,30)(H,26,31). The summed E-state index contributed by atoms with van der Waals surface area (Å²) in [6, 6.07) is 10.4. The van der Waals surface area contributed by atoms with Gasteiger partial charge in [0.25, 0.3) is 5.91 Å². The molecule has 1 unspecified atom stereocenters. The van der Waals surface area contributed by atoms with E-state index in [4.69, 9.17) is 5.73 Å². The summed E-state index contributed by atoms with van der Waals surface area (Å²) < 4.78 is 1.78. The van der Waals surface area contributed by atoms with Gasteiger partial charge in [0, 0.05) is 30.3 Å². The fraction of sp³-hybridized carbons (Fsp3) is 0.375. The Morgan fingerprint density at radius 1 is 1.19 bits per heavy atom. The Morgan fingerprint density at radius 3 is 2.71 bits per heavy atom. The van der Waals surface area contributed by atoms with Gasteiger partial charge in [0.2, 0.25) is 5.91 Å². The summed E-state index contributed by atoms with van der Waals surface area (Å²) in [5, 5.41) is 10.9. The minimum atomic E-state index is -0.489. The van der Waals surface area contributed by atoms with Gasteiger partial charge in [-0.1, -0.05) is 18.2 Å². The molecule has 1 aromatic carbocycles. The molecule has 160 valence electrons. The van der Waals surface area contributed by atoms with Crippen LogP contribution in [0.25, 0.3) is 16.6 Å². The summed E-state index contributed by atoms with van der Waals surface area (Å²) in [5.74, 6) is 0.487. The molecular weight excluding hydrogens is 390 g/mol. The van der Waals surface area contributed by atoms with Crippen molar-refractivity contribution >= 4 is 23.0 Å². The summed E-state index contributed by atoms with van der Waals surface area (Å²) in [6.07, 6.45) is 7.90. The Kier molecular flexibility index (Phi) is 4.88. The van der Waals surface area contributed by atoms with Crippen molar-refractivity contribution in [1.29, 1.82) is 0 Å². The molecule has 7 nitrogen and oxygen atoms in total. The topological polar surface area (TPSA) is 102 Å². The Morgan fingerprint density at radius 2 is 2.00 bits per heavy atom. The molecule has 0 bridgehead atoms. The minimum Gasteiger partial charge on any atom is -0.380 e. The summed E-state index contributed by atoms with van der Waals surface area (Å²) in [5.41, 5.74) is 10.7. The maximum Gasteiger partial charge on any atom is 0.252 e. The molecule has 3 aromatic rings. The lowest BCUT2D eigenvalue weighted by Gasteiger charge is -2.17. The van der Waals surface area contributed by atoms with Crippen molar-refractivity contribution in [2.45, 2.75) is 45.2 Å². The maximum absolute atomic E-state index is 12.0. The number of nitrogens with two attached hydrogens (primary N) is 1.